The van der Waals surface area contributed by atoms with E-state index in [1.165, 1.54) is 12.0 Å². The molecule has 1 aromatic carbocycles. The first-order chi connectivity index (χ1) is 9.83. The average molecular weight is 359 g/mol. The Morgan fingerprint density at radius 1 is 1.43 bits per heavy atom. The third-order valence-corrected chi connectivity index (χ3v) is 3.10. The molecule has 116 valence electrons. The maximum absolute atomic E-state index is 12.2. The van der Waals surface area contributed by atoms with Crippen LogP contribution in [0.5, 0.6) is 5.75 Å². The zero-order valence-corrected chi connectivity index (χ0v) is 13.8. The Hall–Kier alpha value is -1.76. The van der Waals surface area contributed by atoms with Crippen molar-refractivity contribution in [2.75, 3.05) is 25.5 Å². The number of hydrogen-bond donors (Lipinski definition) is 2. The van der Waals surface area contributed by atoms with Gasteiger partial charge in [0.15, 0.2) is 0 Å². The van der Waals surface area contributed by atoms with Crippen molar-refractivity contribution < 1.29 is 19.4 Å². The van der Waals surface area contributed by atoms with Gasteiger partial charge in [-0.3, -0.25) is 4.79 Å². The molecule has 0 aliphatic heterocycles. The molecule has 0 spiro atoms. The van der Waals surface area contributed by atoms with E-state index in [1.807, 2.05) is 13.8 Å². The van der Waals surface area contributed by atoms with Crippen LogP contribution >= 0.6 is 15.9 Å². The van der Waals surface area contributed by atoms with Gasteiger partial charge in [-0.05, 0) is 24.1 Å². The Bertz CT molecular complexity index is 520. The number of urea groups is 1. The summed E-state index contributed by atoms with van der Waals surface area (Å²) in [6.07, 6.45) is 0. The summed E-state index contributed by atoms with van der Waals surface area (Å²) in [6, 6.07) is 4.73. The van der Waals surface area contributed by atoms with E-state index < -0.39 is 12.0 Å². The molecule has 2 amide bonds. The number of rotatable bonds is 6. The lowest BCUT2D eigenvalue weighted by Crippen LogP contribution is -2.41. The molecule has 2 N–H and O–H groups in total. The molecule has 21 heavy (non-hydrogen) atoms. The van der Waals surface area contributed by atoms with Gasteiger partial charge in [-0.1, -0.05) is 29.8 Å². The Morgan fingerprint density at radius 2 is 2.10 bits per heavy atom. The number of carboxylic acid groups (broad SMARTS) is 1. The molecule has 0 aliphatic carbocycles. The second-order valence-electron chi connectivity index (χ2n) is 4.94. The average Bonchev–Trinajstić information content (AvgIpc) is 2.37. The number of anilines is 1. The van der Waals surface area contributed by atoms with Gasteiger partial charge in [0.25, 0.3) is 0 Å². The summed E-state index contributed by atoms with van der Waals surface area (Å²) in [4.78, 5) is 24.4. The normalized spacial score (nSPS) is 10.3. The van der Waals surface area contributed by atoms with Crippen molar-refractivity contribution in [3.8, 4) is 5.75 Å². The highest BCUT2D eigenvalue weighted by Crippen LogP contribution is 2.28. The molecule has 1 rings (SSSR count). The number of aliphatic carboxylic acids is 1. The first kappa shape index (κ1) is 17.3. The smallest absolute Gasteiger partial charge is 0.323 e. The monoisotopic (exact) mass is 358 g/mol. The predicted molar refractivity (Wildman–Crippen MR) is 83.8 cm³/mol. The second kappa shape index (κ2) is 7.87. The lowest BCUT2D eigenvalue weighted by atomic mass is 10.2. The molecule has 0 aromatic heterocycles. The van der Waals surface area contributed by atoms with Gasteiger partial charge in [0.05, 0.1) is 12.8 Å². The van der Waals surface area contributed by atoms with Crippen molar-refractivity contribution in [3.63, 3.8) is 0 Å². The minimum absolute atomic E-state index is 0.166. The number of carbonyl (C=O) groups excluding carboxylic acids is 1. The number of amides is 2. The number of benzene rings is 1. The summed E-state index contributed by atoms with van der Waals surface area (Å²) < 4.78 is 5.96. The van der Waals surface area contributed by atoms with E-state index in [9.17, 15) is 9.59 Å². The Labute approximate surface area is 132 Å². The lowest BCUT2D eigenvalue weighted by Gasteiger charge is -2.23. The molecule has 0 saturated heterocycles. The van der Waals surface area contributed by atoms with Gasteiger partial charge in [-0.2, -0.15) is 0 Å². The molecule has 1 aromatic rings. The highest BCUT2D eigenvalue weighted by molar-refractivity contribution is 9.10. The van der Waals surface area contributed by atoms with E-state index in [1.54, 1.807) is 18.2 Å². The van der Waals surface area contributed by atoms with Crippen LogP contribution in [0.1, 0.15) is 13.8 Å². The molecular formula is C14H19BrN2O4. The molecule has 0 atom stereocenters. The van der Waals surface area contributed by atoms with E-state index >= 15 is 0 Å². The summed E-state index contributed by atoms with van der Waals surface area (Å²) in [7, 11) is 1.50. The van der Waals surface area contributed by atoms with Gasteiger partial charge in [-0.25, -0.2) is 4.79 Å². The van der Waals surface area contributed by atoms with E-state index in [0.717, 1.165) is 4.47 Å². The van der Waals surface area contributed by atoms with Crippen LogP contribution in [0.4, 0.5) is 10.5 Å². The van der Waals surface area contributed by atoms with E-state index in [-0.39, 0.29) is 12.5 Å². The van der Waals surface area contributed by atoms with Crippen molar-refractivity contribution in [1.29, 1.82) is 0 Å². The Morgan fingerprint density at radius 3 is 2.62 bits per heavy atom. The summed E-state index contributed by atoms with van der Waals surface area (Å²) >= 11 is 3.32. The van der Waals surface area contributed by atoms with Gasteiger partial charge in [-0.15, -0.1) is 0 Å². The van der Waals surface area contributed by atoms with Gasteiger partial charge in [0.2, 0.25) is 0 Å². The van der Waals surface area contributed by atoms with Crippen LogP contribution in [-0.2, 0) is 4.79 Å². The number of nitrogens with zero attached hydrogens (tertiary/aromatic N) is 1. The van der Waals surface area contributed by atoms with Crippen LogP contribution in [0, 0.1) is 5.92 Å². The van der Waals surface area contributed by atoms with Crippen LogP contribution in [0.15, 0.2) is 22.7 Å². The Balaban J connectivity index is 2.90. The minimum atomic E-state index is -1.05. The number of carboxylic acids is 1. The molecule has 6 nitrogen and oxygen atoms in total. The fourth-order valence-electron chi connectivity index (χ4n) is 1.80. The molecule has 0 heterocycles. The van der Waals surface area contributed by atoms with Crippen molar-refractivity contribution >= 4 is 33.6 Å². The predicted octanol–water partition coefficient (Wildman–Crippen LogP) is 3.03. The summed E-state index contributed by atoms with van der Waals surface area (Å²) in [6.45, 7) is 3.85. The molecule has 0 bridgehead atoms. The third kappa shape index (κ3) is 5.63. The first-order valence-electron chi connectivity index (χ1n) is 6.44. The molecule has 7 heteroatoms. The molecule has 0 saturated carbocycles. The zero-order valence-electron chi connectivity index (χ0n) is 12.2. The molecule has 0 unspecified atom stereocenters. The highest BCUT2D eigenvalue weighted by Gasteiger charge is 2.19. The number of ether oxygens (including phenoxy) is 1. The van der Waals surface area contributed by atoms with Crippen molar-refractivity contribution in [3.05, 3.63) is 22.7 Å². The highest BCUT2D eigenvalue weighted by atomic mass is 79.9. The van der Waals surface area contributed by atoms with E-state index in [2.05, 4.69) is 21.2 Å². The zero-order chi connectivity index (χ0) is 16.0. The fraction of sp³-hybridized carbons (Fsp3) is 0.429. The van der Waals surface area contributed by atoms with Crippen LogP contribution in [0.3, 0.4) is 0 Å². The number of hydrogen-bond acceptors (Lipinski definition) is 3. The van der Waals surface area contributed by atoms with Crippen LogP contribution < -0.4 is 10.1 Å². The van der Waals surface area contributed by atoms with Crippen molar-refractivity contribution in [1.82, 2.24) is 4.90 Å². The van der Waals surface area contributed by atoms with Gasteiger partial charge in [0.1, 0.15) is 12.3 Å². The minimum Gasteiger partial charge on any atom is -0.495 e. The largest absolute Gasteiger partial charge is 0.495 e. The summed E-state index contributed by atoms with van der Waals surface area (Å²) in [5.41, 5.74) is 0.482. The quantitative estimate of drug-likeness (QED) is 0.818. The maximum Gasteiger partial charge on any atom is 0.323 e. The Kier molecular flexibility index (Phi) is 6.48. The number of methoxy groups -OCH3 is 1. The second-order valence-corrected chi connectivity index (χ2v) is 5.86. The van der Waals surface area contributed by atoms with Crippen molar-refractivity contribution in [2.45, 2.75) is 13.8 Å². The van der Waals surface area contributed by atoms with Crippen LogP contribution in [0.25, 0.3) is 0 Å². The summed E-state index contributed by atoms with van der Waals surface area (Å²) in [5.74, 6) is -0.377. The first-order valence-corrected chi connectivity index (χ1v) is 7.24. The van der Waals surface area contributed by atoms with Gasteiger partial charge in [0, 0.05) is 11.0 Å². The summed E-state index contributed by atoms with van der Waals surface area (Å²) in [5, 5.41) is 11.6. The third-order valence-electron chi connectivity index (χ3n) is 2.60. The van der Waals surface area contributed by atoms with E-state index in [0.29, 0.717) is 18.0 Å². The van der Waals surface area contributed by atoms with Crippen LogP contribution in [0.2, 0.25) is 0 Å². The molecule has 0 radical (unpaired) electrons. The van der Waals surface area contributed by atoms with Gasteiger partial charge < -0.3 is 20.1 Å². The maximum atomic E-state index is 12.2. The SMILES string of the molecule is COc1ccc(Br)cc1NC(=O)N(CC(=O)O)CC(C)C. The molecule has 0 fully saturated rings. The molecule has 0 aliphatic rings. The van der Waals surface area contributed by atoms with Crippen molar-refractivity contribution in [2.24, 2.45) is 5.92 Å². The fourth-order valence-corrected chi connectivity index (χ4v) is 2.16. The van der Waals surface area contributed by atoms with E-state index in [4.69, 9.17) is 9.84 Å². The standard InChI is InChI=1S/C14H19BrN2O4/c1-9(2)7-17(8-13(18)19)14(20)16-11-6-10(15)4-5-12(11)21-3/h4-6,9H,7-8H2,1-3H3,(H,16,20)(H,18,19). The molecular weight excluding hydrogens is 340 g/mol. The van der Waals surface area contributed by atoms with Crippen LogP contribution in [-0.4, -0.2) is 42.2 Å². The topological polar surface area (TPSA) is 78.9 Å². The lowest BCUT2D eigenvalue weighted by molar-refractivity contribution is -0.137. The number of nitrogens with one attached hydrogen (secondary N) is 1. The number of halogens is 1. The number of carbonyl (C=O) groups is 2. The van der Waals surface area contributed by atoms with Gasteiger partial charge >= 0.3 is 12.0 Å².